The molecule has 0 saturated carbocycles. The van der Waals surface area contributed by atoms with Gasteiger partial charge in [0, 0.05) is 7.05 Å². The molecular formula is C18H18FN3O4. The topological polar surface area (TPSA) is 85.0 Å². The molecule has 0 bridgehead atoms. The second kappa shape index (κ2) is 8.19. The van der Waals surface area contributed by atoms with Crippen LogP contribution >= 0.6 is 0 Å². The number of carbonyl (C=O) groups excluding carboxylic acids is 1. The van der Waals surface area contributed by atoms with Crippen molar-refractivity contribution in [2.24, 2.45) is 5.10 Å². The fourth-order valence-corrected chi connectivity index (χ4v) is 2.46. The summed E-state index contributed by atoms with van der Waals surface area (Å²) in [4.78, 5) is 22.7. The van der Waals surface area contributed by atoms with E-state index in [4.69, 9.17) is 0 Å². The molecule has 0 unspecified atom stereocenters. The van der Waals surface area contributed by atoms with E-state index >= 15 is 0 Å². The van der Waals surface area contributed by atoms with Crippen LogP contribution in [-0.2, 0) is 11.3 Å². The third kappa shape index (κ3) is 4.21. The number of esters is 1. The van der Waals surface area contributed by atoms with Crippen LogP contribution in [0.3, 0.4) is 0 Å². The third-order valence-electron chi connectivity index (χ3n) is 3.77. The lowest BCUT2D eigenvalue weighted by molar-refractivity contribution is -0.386. The van der Waals surface area contributed by atoms with Crippen LogP contribution < -0.4 is 0 Å². The van der Waals surface area contributed by atoms with E-state index in [2.05, 4.69) is 9.84 Å². The van der Waals surface area contributed by atoms with Gasteiger partial charge in [-0.05, 0) is 18.6 Å². The van der Waals surface area contributed by atoms with Crippen molar-refractivity contribution < 1.29 is 18.8 Å². The second-order valence-corrected chi connectivity index (χ2v) is 5.58. The van der Waals surface area contributed by atoms with Crippen molar-refractivity contribution in [3.8, 4) is 0 Å². The standard InChI is InChI=1S/C18H18FN3O4/c1-12-16(19)9-14(18(23)26-3)15(17(12)22(24)25)11-21(2)20-10-13-7-5-4-6-8-13/h4-10H,11H2,1-3H3/b20-10+. The van der Waals surface area contributed by atoms with Gasteiger partial charge in [-0.1, -0.05) is 30.3 Å². The Kier molecular flexibility index (Phi) is 6.00. The Morgan fingerprint density at radius 3 is 2.62 bits per heavy atom. The average Bonchev–Trinajstić information content (AvgIpc) is 2.62. The first-order valence-electron chi connectivity index (χ1n) is 7.70. The lowest BCUT2D eigenvalue weighted by Crippen LogP contribution is -2.18. The van der Waals surface area contributed by atoms with Crippen molar-refractivity contribution in [2.75, 3.05) is 14.2 Å². The molecule has 26 heavy (non-hydrogen) atoms. The normalized spacial score (nSPS) is 10.8. The minimum Gasteiger partial charge on any atom is -0.465 e. The van der Waals surface area contributed by atoms with Gasteiger partial charge >= 0.3 is 5.97 Å². The summed E-state index contributed by atoms with van der Waals surface area (Å²) < 4.78 is 18.7. The van der Waals surface area contributed by atoms with E-state index in [1.165, 1.54) is 11.9 Å². The van der Waals surface area contributed by atoms with E-state index in [9.17, 15) is 19.3 Å². The molecule has 0 amide bonds. The monoisotopic (exact) mass is 359 g/mol. The number of rotatable bonds is 6. The highest BCUT2D eigenvalue weighted by Gasteiger charge is 2.28. The Morgan fingerprint density at radius 1 is 1.38 bits per heavy atom. The Bertz CT molecular complexity index is 853. The number of nitro benzene ring substituents is 1. The van der Waals surface area contributed by atoms with Gasteiger partial charge in [0.05, 0.1) is 41.5 Å². The van der Waals surface area contributed by atoms with Crippen molar-refractivity contribution in [1.29, 1.82) is 0 Å². The number of hydrogen-bond acceptors (Lipinski definition) is 6. The van der Waals surface area contributed by atoms with Crippen molar-refractivity contribution in [3.63, 3.8) is 0 Å². The second-order valence-electron chi connectivity index (χ2n) is 5.58. The summed E-state index contributed by atoms with van der Waals surface area (Å²) in [5, 5.41) is 17.1. The summed E-state index contributed by atoms with van der Waals surface area (Å²) in [7, 11) is 2.73. The molecule has 0 spiro atoms. The van der Waals surface area contributed by atoms with Crippen LogP contribution in [-0.4, -0.2) is 36.3 Å². The van der Waals surface area contributed by atoms with Gasteiger partial charge in [0.25, 0.3) is 5.69 Å². The minimum atomic E-state index is -0.845. The molecule has 0 aliphatic carbocycles. The van der Waals surface area contributed by atoms with Crippen LogP contribution in [0.25, 0.3) is 0 Å². The van der Waals surface area contributed by atoms with E-state index in [0.29, 0.717) is 0 Å². The first-order chi connectivity index (χ1) is 12.3. The Morgan fingerprint density at radius 2 is 2.04 bits per heavy atom. The van der Waals surface area contributed by atoms with Crippen LogP contribution in [0.4, 0.5) is 10.1 Å². The molecule has 0 aliphatic heterocycles. The van der Waals surface area contributed by atoms with Gasteiger partial charge < -0.3 is 4.74 Å². The van der Waals surface area contributed by atoms with Crippen molar-refractivity contribution >= 4 is 17.9 Å². The number of halogens is 1. The first kappa shape index (κ1) is 19.0. The number of hydrogen-bond donors (Lipinski definition) is 0. The maximum atomic E-state index is 14.0. The molecule has 2 aromatic rings. The largest absolute Gasteiger partial charge is 0.465 e. The lowest BCUT2D eigenvalue weighted by atomic mass is 10.0. The van der Waals surface area contributed by atoms with E-state index < -0.39 is 22.4 Å². The molecule has 0 aromatic heterocycles. The molecule has 0 aliphatic rings. The van der Waals surface area contributed by atoms with Crippen LogP contribution in [0, 0.1) is 22.9 Å². The average molecular weight is 359 g/mol. The molecule has 2 rings (SSSR count). The van der Waals surface area contributed by atoms with Gasteiger partial charge in [-0.25, -0.2) is 9.18 Å². The van der Waals surface area contributed by atoms with Gasteiger partial charge in [0.1, 0.15) is 5.82 Å². The Balaban J connectivity index is 2.43. The lowest BCUT2D eigenvalue weighted by Gasteiger charge is -2.16. The predicted molar refractivity (Wildman–Crippen MR) is 94.6 cm³/mol. The zero-order valence-electron chi connectivity index (χ0n) is 14.6. The number of nitro groups is 1. The maximum Gasteiger partial charge on any atom is 0.338 e. The van der Waals surface area contributed by atoms with E-state index in [1.807, 2.05) is 30.3 Å². The zero-order valence-corrected chi connectivity index (χ0v) is 14.6. The van der Waals surface area contributed by atoms with Crippen molar-refractivity contribution in [2.45, 2.75) is 13.5 Å². The number of ether oxygens (including phenoxy) is 1. The number of hydrazone groups is 1. The molecular weight excluding hydrogens is 341 g/mol. The summed E-state index contributed by atoms with van der Waals surface area (Å²) in [5.41, 5.74) is 0.111. The SMILES string of the molecule is COC(=O)c1cc(F)c(C)c([N+](=O)[O-])c1CN(C)/N=C/c1ccccc1. The maximum absolute atomic E-state index is 14.0. The molecule has 0 saturated heterocycles. The molecule has 7 nitrogen and oxygen atoms in total. The van der Waals surface area contributed by atoms with Gasteiger partial charge in [-0.3, -0.25) is 15.1 Å². The molecule has 0 atom stereocenters. The third-order valence-corrected chi connectivity index (χ3v) is 3.77. The molecule has 0 fully saturated rings. The summed E-state index contributed by atoms with van der Waals surface area (Å²) >= 11 is 0. The molecule has 0 radical (unpaired) electrons. The predicted octanol–water partition coefficient (Wildman–Crippen LogP) is 3.29. The summed E-state index contributed by atoms with van der Waals surface area (Å²) in [6, 6.07) is 10.2. The highest BCUT2D eigenvalue weighted by Crippen LogP contribution is 2.30. The van der Waals surface area contributed by atoms with Gasteiger partial charge in [-0.2, -0.15) is 5.10 Å². The highest BCUT2D eigenvalue weighted by atomic mass is 19.1. The van der Waals surface area contributed by atoms with Crippen LogP contribution in [0.2, 0.25) is 0 Å². The van der Waals surface area contributed by atoms with E-state index in [1.54, 1.807) is 13.3 Å². The van der Waals surface area contributed by atoms with E-state index in [-0.39, 0.29) is 23.2 Å². The van der Waals surface area contributed by atoms with Crippen LogP contribution in [0.5, 0.6) is 0 Å². The quantitative estimate of drug-likeness (QED) is 0.342. The number of nitrogens with zero attached hydrogens (tertiary/aromatic N) is 3. The Hall–Kier alpha value is -3.29. The molecule has 2 aromatic carbocycles. The fraction of sp³-hybridized carbons (Fsp3) is 0.222. The van der Waals surface area contributed by atoms with Crippen molar-refractivity contribution in [1.82, 2.24) is 5.01 Å². The molecule has 136 valence electrons. The summed E-state index contributed by atoms with van der Waals surface area (Å²) in [6.07, 6.45) is 1.58. The highest BCUT2D eigenvalue weighted by molar-refractivity contribution is 5.92. The summed E-state index contributed by atoms with van der Waals surface area (Å²) in [6.45, 7) is 1.23. The van der Waals surface area contributed by atoms with Gasteiger partial charge in [0.2, 0.25) is 0 Å². The number of benzene rings is 2. The Labute approximate surface area is 149 Å². The van der Waals surface area contributed by atoms with Crippen molar-refractivity contribution in [3.05, 3.63) is 74.6 Å². The number of methoxy groups -OCH3 is 1. The first-order valence-corrected chi connectivity index (χ1v) is 7.70. The molecule has 0 heterocycles. The molecule has 8 heteroatoms. The van der Waals surface area contributed by atoms with E-state index in [0.717, 1.165) is 18.7 Å². The smallest absolute Gasteiger partial charge is 0.338 e. The van der Waals surface area contributed by atoms with Crippen LogP contribution in [0.1, 0.15) is 27.0 Å². The fourth-order valence-electron chi connectivity index (χ4n) is 2.46. The molecule has 0 N–H and O–H groups in total. The summed E-state index contributed by atoms with van der Waals surface area (Å²) in [5.74, 6) is -1.68. The zero-order chi connectivity index (χ0) is 19.3. The van der Waals surface area contributed by atoms with Gasteiger partial charge in [-0.15, -0.1) is 0 Å². The number of carbonyl (C=O) groups is 1. The van der Waals surface area contributed by atoms with Gasteiger partial charge in [0.15, 0.2) is 0 Å². The minimum absolute atomic E-state index is 0.0495. The van der Waals surface area contributed by atoms with Crippen LogP contribution in [0.15, 0.2) is 41.5 Å².